The maximum atomic E-state index is 12.0. The van der Waals surface area contributed by atoms with Gasteiger partial charge in [0.1, 0.15) is 6.04 Å². The molecule has 1 aromatic carbocycles. The zero-order valence-corrected chi connectivity index (χ0v) is 10.3. The van der Waals surface area contributed by atoms with E-state index >= 15 is 0 Å². The van der Waals surface area contributed by atoms with Crippen molar-refractivity contribution < 1.29 is 14.7 Å². The second-order valence-corrected chi connectivity index (χ2v) is 4.01. The van der Waals surface area contributed by atoms with Crippen molar-refractivity contribution in [3.05, 3.63) is 35.9 Å². The Balaban J connectivity index is 2.78. The minimum Gasteiger partial charge on any atom is -0.480 e. The molecule has 0 aromatic heterocycles. The fourth-order valence-electron chi connectivity index (χ4n) is 1.69. The molecule has 0 radical (unpaired) electrons. The highest BCUT2D eigenvalue weighted by Crippen LogP contribution is 2.14. The fraction of sp³-hybridized carbons (Fsp3) is 0.385. The molecule has 1 rings (SSSR count). The molecular weight excluding hydrogens is 232 g/mol. The summed E-state index contributed by atoms with van der Waals surface area (Å²) < 4.78 is 0. The minimum atomic E-state index is -1.03. The summed E-state index contributed by atoms with van der Waals surface area (Å²) in [6.45, 7) is 1.85. The molecule has 98 valence electrons. The van der Waals surface area contributed by atoms with E-state index in [1.165, 1.54) is 0 Å². The molecular formula is C13H18N2O3. The highest BCUT2D eigenvalue weighted by Gasteiger charge is 2.24. The lowest BCUT2D eigenvalue weighted by molar-refractivity contribution is -0.142. The van der Waals surface area contributed by atoms with Gasteiger partial charge in [-0.1, -0.05) is 37.3 Å². The predicted octanol–water partition coefficient (Wildman–Crippen LogP) is 0.708. The topological polar surface area (TPSA) is 92.4 Å². The first-order valence-electron chi connectivity index (χ1n) is 5.88. The van der Waals surface area contributed by atoms with Crippen LogP contribution in [0.1, 0.15) is 24.8 Å². The molecule has 4 N–H and O–H groups in total. The molecule has 18 heavy (non-hydrogen) atoms. The van der Waals surface area contributed by atoms with Gasteiger partial charge >= 0.3 is 5.97 Å². The van der Waals surface area contributed by atoms with Gasteiger partial charge in [0.25, 0.3) is 0 Å². The number of rotatable bonds is 6. The van der Waals surface area contributed by atoms with E-state index in [-0.39, 0.29) is 12.5 Å². The van der Waals surface area contributed by atoms with Crippen molar-refractivity contribution in [3.8, 4) is 0 Å². The van der Waals surface area contributed by atoms with Gasteiger partial charge in [-0.2, -0.15) is 0 Å². The summed E-state index contributed by atoms with van der Waals surface area (Å²) in [6.07, 6.45) is 0.340. The number of amides is 1. The summed E-state index contributed by atoms with van der Waals surface area (Å²) in [7, 11) is 0. The monoisotopic (exact) mass is 250 g/mol. The van der Waals surface area contributed by atoms with Crippen LogP contribution in [-0.2, 0) is 9.59 Å². The maximum absolute atomic E-state index is 12.0. The third kappa shape index (κ3) is 3.56. The number of carboxylic acids is 1. The molecule has 2 atom stereocenters. The Morgan fingerprint density at radius 2 is 1.94 bits per heavy atom. The standard InChI is InChI=1S/C13H18N2O3/c1-2-11(13(17)18)15-12(16)10(8-14)9-6-4-3-5-7-9/h3-7,10-11H,2,8,14H2,1H3,(H,15,16)(H,17,18)/t10?,11-/m0/s1. The SMILES string of the molecule is CC[C@H](NC(=O)C(CN)c1ccccc1)C(=O)O. The average molecular weight is 250 g/mol. The van der Waals surface area contributed by atoms with Gasteiger partial charge in [0.2, 0.25) is 5.91 Å². The molecule has 0 saturated carbocycles. The van der Waals surface area contributed by atoms with E-state index in [2.05, 4.69) is 5.32 Å². The Labute approximate surface area is 106 Å². The summed E-state index contributed by atoms with van der Waals surface area (Å²) in [5.41, 5.74) is 6.38. The van der Waals surface area contributed by atoms with E-state index in [4.69, 9.17) is 10.8 Å². The summed E-state index contributed by atoms with van der Waals surface area (Å²) in [4.78, 5) is 22.9. The van der Waals surface area contributed by atoms with Crippen molar-refractivity contribution in [2.24, 2.45) is 5.73 Å². The van der Waals surface area contributed by atoms with Gasteiger partial charge < -0.3 is 16.2 Å². The van der Waals surface area contributed by atoms with E-state index in [0.29, 0.717) is 6.42 Å². The van der Waals surface area contributed by atoms with Crippen LogP contribution in [0.25, 0.3) is 0 Å². The van der Waals surface area contributed by atoms with Gasteiger partial charge in [-0.15, -0.1) is 0 Å². The van der Waals surface area contributed by atoms with E-state index in [1.807, 2.05) is 18.2 Å². The fourth-order valence-corrected chi connectivity index (χ4v) is 1.69. The largest absolute Gasteiger partial charge is 0.480 e. The van der Waals surface area contributed by atoms with Crippen LogP contribution in [0.5, 0.6) is 0 Å². The molecule has 5 heteroatoms. The molecule has 0 aliphatic carbocycles. The average Bonchev–Trinajstić information content (AvgIpc) is 2.37. The van der Waals surface area contributed by atoms with Crippen LogP contribution in [0.15, 0.2) is 30.3 Å². The highest BCUT2D eigenvalue weighted by atomic mass is 16.4. The third-order valence-electron chi connectivity index (χ3n) is 2.78. The number of carbonyl (C=O) groups excluding carboxylic acids is 1. The van der Waals surface area contributed by atoms with Gasteiger partial charge in [0.05, 0.1) is 5.92 Å². The number of hydrogen-bond acceptors (Lipinski definition) is 3. The zero-order chi connectivity index (χ0) is 13.5. The third-order valence-corrected chi connectivity index (χ3v) is 2.78. The number of hydrogen-bond donors (Lipinski definition) is 3. The van der Waals surface area contributed by atoms with Crippen LogP contribution in [0.3, 0.4) is 0 Å². The first-order valence-corrected chi connectivity index (χ1v) is 5.88. The summed E-state index contributed by atoms with van der Waals surface area (Å²) >= 11 is 0. The quantitative estimate of drug-likeness (QED) is 0.693. The predicted molar refractivity (Wildman–Crippen MR) is 68.1 cm³/mol. The molecule has 0 bridgehead atoms. The van der Waals surface area contributed by atoms with E-state index < -0.39 is 17.9 Å². The number of carbonyl (C=O) groups is 2. The van der Waals surface area contributed by atoms with E-state index in [1.54, 1.807) is 19.1 Å². The van der Waals surface area contributed by atoms with Crippen LogP contribution in [-0.4, -0.2) is 29.6 Å². The summed E-state index contributed by atoms with van der Waals surface area (Å²) in [5.74, 6) is -1.90. The van der Waals surface area contributed by atoms with Crippen molar-refractivity contribution in [3.63, 3.8) is 0 Å². The van der Waals surface area contributed by atoms with Gasteiger partial charge in [-0.05, 0) is 12.0 Å². The van der Waals surface area contributed by atoms with Crippen molar-refractivity contribution >= 4 is 11.9 Å². The van der Waals surface area contributed by atoms with Crippen molar-refractivity contribution in [1.82, 2.24) is 5.32 Å². The normalized spacial score (nSPS) is 13.7. The molecule has 0 fully saturated rings. The molecule has 0 saturated heterocycles. The minimum absolute atomic E-state index is 0.145. The van der Waals surface area contributed by atoms with E-state index in [9.17, 15) is 9.59 Å². The zero-order valence-electron chi connectivity index (χ0n) is 10.3. The lowest BCUT2D eigenvalue weighted by atomic mass is 9.98. The Hall–Kier alpha value is -1.88. The first kappa shape index (κ1) is 14.2. The lowest BCUT2D eigenvalue weighted by Gasteiger charge is -2.18. The van der Waals surface area contributed by atoms with Crippen LogP contribution >= 0.6 is 0 Å². The van der Waals surface area contributed by atoms with Gasteiger partial charge in [-0.3, -0.25) is 4.79 Å². The molecule has 0 heterocycles. The van der Waals surface area contributed by atoms with Gasteiger partial charge in [0.15, 0.2) is 0 Å². The molecule has 1 unspecified atom stereocenters. The van der Waals surface area contributed by atoms with Crippen LogP contribution in [0.4, 0.5) is 0 Å². The molecule has 1 amide bonds. The Morgan fingerprint density at radius 3 is 2.39 bits per heavy atom. The molecule has 0 aliphatic heterocycles. The maximum Gasteiger partial charge on any atom is 0.326 e. The summed E-state index contributed by atoms with van der Waals surface area (Å²) in [5, 5.41) is 11.4. The van der Waals surface area contributed by atoms with Gasteiger partial charge in [0, 0.05) is 6.54 Å². The second kappa shape index (κ2) is 6.76. The number of nitrogens with two attached hydrogens (primary N) is 1. The van der Waals surface area contributed by atoms with Crippen molar-refractivity contribution in [2.45, 2.75) is 25.3 Å². The van der Waals surface area contributed by atoms with Crippen LogP contribution in [0, 0.1) is 0 Å². The van der Waals surface area contributed by atoms with E-state index in [0.717, 1.165) is 5.56 Å². The molecule has 1 aromatic rings. The van der Waals surface area contributed by atoms with Gasteiger partial charge in [-0.25, -0.2) is 4.79 Å². The molecule has 0 spiro atoms. The molecule has 0 aliphatic rings. The van der Waals surface area contributed by atoms with Crippen LogP contribution < -0.4 is 11.1 Å². The summed E-state index contributed by atoms with van der Waals surface area (Å²) in [6, 6.07) is 8.23. The first-order chi connectivity index (χ1) is 8.60. The van der Waals surface area contributed by atoms with Crippen LogP contribution in [0.2, 0.25) is 0 Å². The lowest BCUT2D eigenvalue weighted by Crippen LogP contribution is -2.44. The number of aliphatic carboxylic acids is 1. The Bertz CT molecular complexity index is 406. The number of carboxylic acid groups (broad SMARTS) is 1. The smallest absolute Gasteiger partial charge is 0.326 e. The number of benzene rings is 1. The molecule has 5 nitrogen and oxygen atoms in total. The van der Waals surface area contributed by atoms with Crippen molar-refractivity contribution in [2.75, 3.05) is 6.54 Å². The number of nitrogens with one attached hydrogen (secondary N) is 1. The Morgan fingerprint density at radius 1 is 1.33 bits per heavy atom. The highest BCUT2D eigenvalue weighted by molar-refractivity contribution is 5.88. The van der Waals surface area contributed by atoms with Crippen molar-refractivity contribution in [1.29, 1.82) is 0 Å². The Kier molecular flexibility index (Phi) is 5.32. The second-order valence-electron chi connectivity index (χ2n) is 4.01.